The SMILES string of the molecule is C#CC1CC1.[B]C([B])([B])Oc1cnc(C(F)F)cc1-c1cc(-c2ccn(C)c2CC)ncc1C(=O)Nc1nncs1. The van der Waals surface area contributed by atoms with E-state index < -0.39 is 23.3 Å². The summed E-state index contributed by atoms with van der Waals surface area (Å²) < 4.78 is 34.6. The molecule has 4 aromatic heterocycles. The van der Waals surface area contributed by atoms with E-state index in [9.17, 15) is 13.6 Å². The minimum absolute atomic E-state index is 0.0517. The summed E-state index contributed by atoms with van der Waals surface area (Å²) in [5.41, 5.74) is 3.57. The maximum atomic E-state index is 13.6. The number of nitrogens with zero attached hydrogens (tertiary/aromatic N) is 5. The zero-order valence-electron chi connectivity index (χ0n) is 22.3. The summed E-state index contributed by atoms with van der Waals surface area (Å²) in [6.07, 6.45) is 9.62. The van der Waals surface area contributed by atoms with E-state index in [-0.39, 0.29) is 27.6 Å². The molecule has 1 N–H and O–H groups in total. The number of halogens is 2. The molecular weight excluding hydrogens is 543 g/mol. The number of pyridine rings is 2. The average Bonchev–Trinajstić information content (AvgIpc) is 3.51. The number of alkyl halides is 2. The Balaban J connectivity index is 0.000000699. The molecule has 41 heavy (non-hydrogen) atoms. The van der Waals surface area contributed by atoms with Crippen LogP contribution in [-0.2, 0) is 13.5 Å². The molecule has 4 heterocycles. The van der Waals surface area contributed by atoms with Crippen molar-refractivity contribution in [1.82, 2.24) is 24.7 Å². The van der Waals surface area contributed by atoms with Gasteiger partial charge in [-0.1, -0.05) is 18.3 Å². The summed E-state index contributed by atoms with van der Waals surface area (Å²) in [6, 6.07) is 4.58. The van der Waals surface area contributed by atoms with Crippen LogP contribution in [0.3, 0.4) is 0 Å². The molecule has 0 saturated heterocycles. The van der Waals surface area contributed by atoms with Gasteiger partial charge in [0.25, 0.3) is 12.3 Å². The molecule has 8 nitrogen and oxygen atoms in total. The Kier molecular flexibility index (Phi) is 9.28. The van der Waals surface area contributed by atoms with E-state index >= 15 is 0 Å². The lowest BCUT2D eigenvalue weighted by Gasteiger charge is -2.25. The van der Waals surface area contributed by atoms with Crippen LogP contribution in [0.4, 0.5) is 13.9 Å². The maximum absolute atomic E-state index is 13.6. The number of aromatic nitrogens is 5. The Labute approximate surface area is 244 Å². The molecular formula is C27H23B3F2N6O2S. The summed E-state index contributed by atoms with van der Waals surface area (Å²) >= 11 is 1.11. The molecule has 1 aliphatic carbocycles. The quantitative estimate of drug-likeness (QED) is 0.253. The Bertz CT molecular complexity index is 1560. The van der Waals surface area contributed by atoms with Gasteiger partial charge in [-0.3, -0.25) is 20.1 Å². The first-order valence-corrected chi connectivity index (χ1v) is 13.4. The fourth-order valence-electron chi connectivity index (χ4n) is 3.94. The molecule has 0 atom stereocenters. The number of terminal acetylenes is 1. The van der Waals surface area contributed by atoms with Crippen molar-refractivity contribution in [1.29, 1.82) is 0 Å². The number of carbonyl (C=O) groups is 1. The molecule has 0 spiro atoms. The smallest absolute Gasteiger partial charge is 0.280 e. The van der Waals surface area contributed by atoms with Crippen LogP contribution in [-0.4, -0.2) is 59.5 Å². The highest BCUT2D eigenvalue weighted by Gasteiger charge is 2.24. The third-order valence-corrected chi connectivity index (χ3v) is 6.65. The minimum atomic E-state index is -2.89. The monoisotopic (exact) mass is 566 g/mol. The van der Waals surface area contributed by atoms with Crippen molar-refractivity contribution in [2.75, 3.05) is 5.32 Å². The Morgan fingerprint density at radius 3 is 2.56 bits per heavy atom. The number of amides is 1. The molecule has 6 radical (unpaired) electrons. The Morgan fingerprint density at radius 1 is 1.24 bits per heavy atom. The van der Waals surface area contributed by atoms with Crippen LogP contribution in [0.2, 0.25) is 0 Å². The lowest BCUT2D eigenvalue weighted by molar-refractivity contribution is 0.102. The van der Waals surface area contributed by atoms with Gasteiger partial charge in [0.05, 0.1) is 17.5 Å². The number of nitrogens with one attached hydrogen (secondary N) is 1. The molecule has 0 unspecified atom stereocenters. The lowest BCUT2D eigenvalue weighted by atomic mass is 9.52. The fraction of sp³-hybridized carbons (Fsp3) is 0.296. The fourth-order valence-corrected chi connectivity index (χ4v) is 4.38. The van der Waals surface area contributed by atoms with Gasteiger partial charge in [-0.15, -0.1) is 22.5 Å². The summed E-state index contributed by atoms with van der Waals surface area (Å²) in [5, 5.41) is 8.23. The zero-order valence-corrected chi connectivity index (χ0v) is 23.2. The van der Waals surface area contributed by atoms with Crippen molar-refractivity contribution in [2.45, 2.75) is 37.9 Å². The second-order valence-corrected chi connectivity index (χ2v) is 10.1. The molecule has 0 aliphatic heterocycles. The first-order valence-electron chi connectivity index (χ1n) is 12.5. The topological polar surface area (TPSA) is 94.8 Å². The number of anilines is 1. The van der Waals surface area contributed by atoms with Crippen LogP contribution in [0.5, 0.6) is 5.75 Å². The van der Waals surface area contributed by atoms with Gasteiger partial charge in [0.1, 0.15) is 40.5 Å². The maximum Gasteiger partial charge on any atom is 0.280 e. The molecule has 5 rings (SSSR count). The summed E-state index contributed by atoms with van der Waals surface area (Å²) in [5.74, 6) is 2.61. The molecule has 202 valence electrons. The van der Waals surface area contributed by atoms with Crippen molar-refractivity contribution < 1.29 is 18.3 Å². The molecule has 1 amide bonds. The summed E-state index contributed by atoms with van der Waals surface area (Å²) in [4.78, 5) is 21.4. The first-order chi connectivity index (χ1) is 19.5. The number of carbonyl (C=O) groups excluding carboxylic acids is 1. The van der Waals surface area contributed by atoms with E-state index in [0.717, 1.165) is 34.9 Å². The molecule has 1 fully saturated rings. The standard InChI is InChI=1S/C22H17B3F2N6O2S.C5H6/c1-3-17-11(4-5-33(17)2)15-6-12(14(8-28-15)20(34)31-21-32-30-10-36-21)13-7-16(19(26)27)29-9-18(13)35-22(23,24)25;1-2-5-3-4-5/h4-10,19H,3H2,1-2H3,(H,31,32,34);1,5H,3-4H2. The summed E-state index contributed by atoms with van der Waals surface area (Å²) in [6.45, 7) is 2.00. The van der Waals surface area contributed by atoms with Gasteiger partial charge in [-0.2, -0.15) is 0 Å². The second kappa shape index (κ2) is 12.7. The molecule has 14 heteroatoms. The number of hydrogen-bond donors (Lipinski definition) is 1. The lowest BCUT2D eigenvalue weighted by Crippen LogP contribution is -2.37. The van der Waals surface area contributed by atoms with Crippen LogP contribution < -0.4 is 10.1 Å². The molecule has 1 saturated carbocycles. The van der Waals surface area contributed by atoms with Crippen LogP contribution in [0.25, 0.3) is 22.4 Å². The number of hydrogen-bond acceptors (Lipinski definition) is 7. The van der Waals surface area contributed by atoms with Gasteiger partial charge in [0, 0.05) is 47.7 Å². The highest BCUT2D eigenvalue weighted by atomic mass is 32.1. The predicted octanol–water partition coefficient (Wildman–Crippen LogP) is 4.28. The van der Waals surface area contributed by atoms with E-state index in [0.29, 0.717) is 18.0 Å². The highest BCUT2D eigenvalue weighted by molar-refractivity contribution is 7.13. The number of rotatable bonds is 8. The first kappa shape index (κ1) is 30.0. The third kappa shape index (κ3) is 7.61. The Morgan fingerprint density at radius 2 is 2.00 bits per heavy atom. The molecule has 0 aromatic carbocycles. The molecule has 1 aliphatic rings. The van der Waals surface area contributed by atoms with Gasteiger partial charge in [0.2, 0.25) is 5.13 Å². The molecule has 0 bridgehead atoms. The van der Waals surface area contributed by atoms with Gasteiger partial charge >= 0.3 is 0 Å². The predicted molar refractivity (Wildman–Crippen MR) is 156 cm³/mol. The van der Waals surface area contributed by atoms with E-state index in [1.165, 1.54) is 24.5 Å². The zero-order chi connectivity index (χ0) is 29.7. The van der Waals surface area contributed by atoms with E-state index in [1.54, 1.807) is 6.07 Å². The van der Waals surface area contributed by atoms with E-state index in [4.69, 9.17) is 34.7 Å². The second-order valence-electron chi connectivity index (χ2n) is 9.26. The van der Waals surface area contributed by atoms with Crippen molar-refractivity contribution in [3.8, 4) is 40.5 Å². The van der Waals surface area contributed by atoms with E-state index in [2.05, 4.69) is 31.4 Å². The summed E-state index contributed by atoms with van der Waals surface area (Å²) in [7, 11) is 18.7. The van der Waals surface area contributed by atoms with Crippen LogP contribution in [0, 0.1) is 18.3 Å². The van der Waals surface area contributed by atoms with Crippen molar-refractivity contribution in [3.63, 3.8) is 0 Å². The van der Waals surface area contributed by atoms with Crippen molar-refractivity contribution in [3.05, 3.63) is 59.3 Å². The van der Waals surface area contributed by atoms with Crippen LogP contribution in [0.1, 0.15) is 47.9 Å². The van der Waals surface area contributed by atoms with Gasteiger partial charge in [-0.25, -0.2) is 8.78 Å². The largest absolute Gasteiger partial charge is 0.514 e. The van der Waals surface area contributed by atoms with Gasteiger partial charge in [-0.05, 0) is 42.8 Å². The third-order valence-electron chi connectivity index (χ3n) is 6.04. The highest BCUT2D eigenvalue weighted by Crippen LogP contribution is 2.38. The number of aryl methyl sites for hydroxylation is 1. The average molecular weight is 566 g/mol. The Hall–Kier alpha value is -3.98. The van der Waals surface area contributed by atoms with Crippen LogP contribution in [0.15, 0.2) is 42.3 Å². The van der Waals surface area contributed by atoms with Crippen LogP contribution >= 0.6 is 11.3 Å². The van der Waals surface area contributed by atoms with Crippen molar-refractivity contribution >= 4 is 45.9 Å². The van der Waals surface area contributed by atoms with Gasteiger partial charge in [0.15, 0.2) is 0 Å². The molecule has 4 aromatic rings. The number of ether oxygens (including phenoxy) is 1. The van der Waals surface area contributed by atoms with Gasteiger partial charge < -0.3 is 9.30 Å². The van der Waals surface area contributed by atoms with Crippen molar-refractivity contribution in [2.24, 2.45) is 13.0 Å². The normalized spacial score (nSPS) is 12.8. The van der Waals surface area contributed by atoms with E-state index in [1.807, 2.05) is 30.8 Å². The minimum Gasteiger partial charge on any atom is -0.514 e.